The molecule has 0 fully saturated rings. The van der Waals surface area contributed by atoms with Crippen LogP contribution in [0.1, 0.15) is 21.7 Å². The molecule has 1 heterocycles. The van der Waals surface area contributed by atoms with Crippen molar-refractivity contribution in [2.24, 2.45) is 5.73 Å². The van der Waals surface area contributed by atoms with Crippen LogP contribution in [0.4, 0.5) is 0 Å². The standard InChI is InChI=1S/C7H12N2OS/c1-4-5(2)11-7(9-4)6(10)3-8/h6,10H,3,8H2,1-2H3/t6-/m0/s1. The number of aromatic nitrogens is 1. The smallest absolute Gasteiger partial charge is 0.123 e. The van der Waals surface area contributed by atoms with E-state index in [9.17, 15) is 5.11 Å². The minimum Gasteiger partial charge on any atom is -0.385 e. The fourth-order valence-corrected chi connectivity index (χ4v) is 1.66. The predicted octanol–water partition coefficient (Wildman–Crippen LogP) is 0.752. The molecule has 0 aliphatic rings. The Kier molecular flexibility index (Phi) is 2.59. The first-order valence-electron chi connectivity index (χ1n) is 3.47. The number of thiazole rings is 1. The quantitative estimate of drug-likeness (QED) is 0.692. The monoisotopic (exact) mass is 172 g/mol. The van der Waals surface area contributed by atoms with Crippen molar-refractivity contribution in [1.29, 1.82) is 0 Å². The number of aryl methyl sites for hydroxylation is 2. The van der Waals surface area contributed by atoms with E-state index in [0.717, 1.165) is 15.6 Å². The Hall–Kier alpha value is -0.450. The van der Waals surface area contributed by atoms with Crippen molar-refractivity contribution in [2.75, 3.05) is 6.54 Å². The third kappa shape index (κ3) is 1.77. The molecule has 0 saturated carbocycles. The second-order valence-electron chi connectivity index (χ2n) is 2.45. The maximum absolute atomic E-state index is 9.29. The number of aliphatic hydroxyl groups excluding tert-OH is 1. The minimum absolute atomic E-state index is 0.242. The lowest BCUT2D eigenvalue weighted by atomic mass is 10.4. The molecule has 1 atom stereocenters. The summed E-state index contributed by atoms with van der Waals surface area (Å²) in [5.41, 5.74) is 6.26. The Morgan fingerprint density at radius 1 is 1.64 bits per heavy atom. The Bertz CT molecular complexity index is 227. The first-order chi connectivity index (χ1) is 5.15. The third-order valence-electron chi connectivity index (χ3n) is 1.55. The van der Waals surface area contributed by atoms with Crippen LogP contribution >= 0.6 is 11.3 Å². The molecule has 11 heavy (non-hydrogen) atoms. The van der Waals surface area contributed by atoms with E-state index < -0.39 is 6.10 Å². The molecule has 0 unspecified atom stereocenters. The number of hydrogen-bond acceptors (Lipinski definition) is 4. The summed E-state index contributed by atoms with van der Waals surface area (Å²) in [5, 5.41) is 10.0. The molecule has 4 heteroatoms. The molecule has 0 amide bonds. The fourth-order valence-electron chi connectivity index (χ4n) is 0.741. The maximum atomic E-state index is 9.29. The zero-order chi connectivity index (χ0) is 8.43. The first kappa shape index (κ1) is 8.64. The summed E-state index contributed by atoms with van der Waals surface area (Å²) in [5.74, 6) is 0. The topological polar surface area (TPSA) is 59.1 Å². The molecule has 0 bridgehead atoms. The second kappa shape index (κ2) is 3.30. The van der Waals surface area contributed by atoms with Gasteiger partial charge in [0.1, 0.15) is 11.1 Å². The van der Waals surface area contributed by atoms with Crippen molar-refractivity contribution in [1.82, 2.24) is 4.98 Å². The number of hydrogen-bond donors (Lipinski definition) is 2. The van der Waals surface area contributed by atoms with Gasteiger partial charge in [0.25, 0.3) is 0 Å². The first-order valence-corrected chi connectivity index (χ1v) is 4.29. The van der Waals surface area contributed by atoms with E-state index in [2.05, 4.69) is 4.98 Å². The Labute approximate surface area is 69.9 Å². The van der Waals surface area contributed by atoms with Crippen LogP contribution in [0.3, 0.4) is 0 Å². The van der Waals surface area contributed by atoms with Crippen LogP contribution in [-0.2, 0) is 0 Å². The Balaban J connectivity index is 2.88. The van der Waals surface area contributed by atoms with Crippen molar-refractivity contribution in [3.05, 3.63) is 15.6 Å². The van der Waals surface area contributed by atoms with E-state index in [1.165, 1.54) is 11.3 Å². The molecular formula is C7H12N2OS. The third-order valence-corrected chi connectivity index (χ3v) is 2.73. The second-order valence-corrected chi connectivity index (χ2v) is 3.68. The number of nitrogens with zero attached hydrogens (tertiary/aromatic N) is 1. The van der Waals surface area contributed by atoms with E-state index in [4.69, 9.17) is 5.73 Å². The number of rotatable bonds is 2. The molecule has 0 aliphatic heterocycles. The van der Waals surface area contributed by atoms with Crippen molar-refractivity contribution in [3.8, 4) is 0 Å². The largest absolute Gasteiger partial charge is 0.385 e. The average molecular weight is 172 g/mol. The summed E-state index contributed by atoms with van der Waals surface area (Å²) < 4.78 is 0. The van der Waals surface area contributed by atoms with Gasteiger partial charge in [-0.25, -0.2) is 4.98 Å². The van der Waals surface area contributed by atoms with Crippen molar-refractivity contribution in [2.45, 2.75) is 20.0 Å². The van der Waals surface area contributed by atoms with Crippen LogP contribution in [-0.4, -0.2) is 16.6 Å². The number of nitrogens with two attached hydrogens (primary N) is 1. The van der Waals surface area contributed by atoms with Gasteiger partial charge in [-0.15, -0.1) is 11.3 Å². The molecule has 0 aliphatic carbocycles. The van der Waals surface area contributed by atoms with E-state index in [-0.39, 0.29) is 6.54 Å². The zero-order valence-electron chi connectivity index (χ0n) is 6.66. The van der Waals surface area contributed by atoms with Crippen molar-refractivity contribution in [3.63, 3.8) is 0 Å². The lowest BCUT2D eigenvalue weighted by Crippen LogP contribution is -2.10. The molecule has 3 N–H and O–H groups in total. The molecule has 1 aromatic heterocycles. The summed E-state index contributed by atoms with van der Waals surface area (Å²) in [4.78, 5) is 5.32. The molecule has 0 aromatic carbocycles. The molecule has 3 nitrogen and oxygen atoms in total. The number of aliphatic hydroxyl groups is 1. The van der Waals surface area contributed by atoms with Gasteiger partial charge in [0.2, 0.25) is 0 Å². The van der Waals surface area contributed by atoms with E-state index in [1.54, 1.807) is 0 Å². The highest BCUT2D eigenvalue weighted by molar-refractivity contribution is 7.11. The van der Waals surface area contributed by atoms with Crippen LogP contribution in [0, 0.1) is 13.8 Å². The van der Waals surface area contributed by atoms with E-state index in [0.29, 0.717) is 0 Å². The van der Waals surface area contributed by atoms with Gasteiger partial charge in [0.15, 0.2) is 0 Å². The predicted molar refractivity (Wildman–Crippen MR) is 45.6 cm³/mol. The van der Waals surface area contributed by atoms with Gasteiger partial charge in [-0.05, 0) is 13.8 Å². The van der Waals surface area contributed by atoms with E-state index in [1.807, 2.05) is 13.8 Å². The summed E-state index contributed by atoms with van der Waals surface area (Å²) in [6, 6.07) is 0. The molecule has 0 radical (unpaired) electrons. The van der Waals surface area contributed by atoms with Gasteiger partial charge in [0.05, 0.1) is 5.69 Å². The van der Waals surface area contributed by atoms with Crippen LogP contribution in [0.15, 0.2) is 0 Å². The molecule has 1 aromatic rings. The lowest BCUT2D eigenvalue weighted by Gasteiger charge is -2.00. The highest BCUT2D eigenvalue weighted by Gasteiger charge is 2.10. The van der Waals surface area contributed by atoms with Gasteiger partial charge in [-0.2, -0.15) is 0 Å². The summed E-state index contributed by atoms with van der Waals surface area (Å²) in [6.07, 6.45) is -0.590. The minimum atomic E-state index is -0.590. The van der Waals surface area contributed by atoms with Crippen molar-refractivity contribution >= 4 is 11.3 Å². The summed E-state index contributed by atoms with van der Waals surface area (Å²) in [7, 11) is 0. The van der Waals surface area contributed by atoms with Gasteiger partial charge in [-0.3, -0.25) is 0 Å². The molecule has 1 rings (SSSR count). The van der Waals surface area contributed by atoms with Gasteiger partial charge >= 0.3 is 0 Å². The van der Waals surface area contributed by atoms with Gasteiger partial charge < -0.3 is 10.8 Å². The molecule has 0 saturated heterocycles. The highest BCUT2D eigenvalue weighted by Crippen LogP contribution is 2.21. The molecular weight excluding hydrogens is 160 g/mol. The Morgan fingerprint density at radius 2 is 2.27 bits per heavy atom. The lowest BCUT2D eigenvalue weighted by molar-refractivity contribution is 0.186. The fraction of sp³-hybridized carbons (Fsp3) is 0.571. The molecule has 62 valence electrons. The zero-order valence-corrected chi connectivity index (χ0v) is 7.48. The highest BCUT2D eigenvalue weighted by atomic mass is 32.1. The van der Waals surface area contributed by atoms with Crippen LogP contribution in [0.5, 0.6) is 0 Å². The van der Waals surface area contributed by atoms with E-state index >= 15 is 0 Å². The van der Waals surface area contributed by atoms with Crippen LogP contribution in [0.25, 0.3) is 0 Å². The summed E-state index contributed by atoms with van der Waals surface area (Å²) in [6.45, 7) is 4.16. The summed E-state index contributed by atoms with van der Waals surface area (Å²) >= 11 is 1.51. The SMILES string of the molecule is Cc1nc([C@@H](O)CN)sc1C. The Morgan fingerprint density at radius 3 is 2.64 bits per heavy atom. The molecule has 0 spiro atoms. The van der Waals surface area contributed by atoms with Crippen LogP contribution in [0.2, 0.25) is 0 Å². The van der Waals surface area contributed by atoms with Gasteiger partial charge in [-0.1, -0.05) is 0 Å². The normalized spacial score (nSPS) is 13.5. The van der Waals surface area contributed by atoms with Crippen molar-refractivity contribution < 1.29 is 5.11 Å². The average Bonchev–Trinajstić information content (AvgIpc) is 2.31. The van der Waals surface area contributed by atoms with Crippen LogP contribution < -0.4 is 5.73 Å². The maximum Gasteiger partial charge on any atom is 0.123 e. The van der Waals surface area contributed by atoms with Gasteiger partial charge in [0, 0.05) is 11.4 Å².